The van der Waals surface area contributed by atoms with Gasteiger partial charge in [0.15, 0.2) is 12.9 Å². The Morgan fingerprint density at radius 3 is 2.82 bits per heavy atom. The molecule has 0 aromatic carbocycles. The fraction of sp³-hybridized carbons (Fsp3) is 0.536. The van der Waals surface area contributed by atoms with E-state index in [1.54, 1.807) is 6.34 Å². The van der Waals surface area contributed by atoms with Crippen molar-refractivity contribution in [1.82, 2.24) is 15.5 Å². The van der Waals surface area contributed by atoms with Crippen LogP contribution in [0.1, 0.15) is 56.0 Å². The molecule has 0 amide bonds. The van der Waals surface area contributed by atoms with Crippen LogP contribution in [0.3, 0.4) is 0 Å². The maximum Gasteiger partial charge on any atom is 0.480 e. The topological polar surface area (TPSA) is 112 Å². The lowest BCUT2D eigenvalue weighted by Crippen LogP contribution is -2.35. The van der Waals surface area contributed by atoms with Gasteiger partial charge >= 0.3 is 5.88 Å². The summed E-state index contributed by atoms with van der Waals surface area (Å²) in [6.07, 6.45) is 18.4. The first kappa shape index (κ1) is 29.0. The number of guanidine groups is 1. The number of aliphatic imine (C=N–C) groups is 2. The number of Topliss-reactive ketones (excluding diaryl/α,β-unsaturated/α-hetero) is 1. The lowest BCUT2D eigenvalue weighted by atomic mass is 10.0. The zero-order valence-corrected chi connectivity index (χ0v) is 22.9. The van der Waals surface area contributed by atoms with E-state index in [4.69, 9.17) is 9.41 Å². The van der Waals surface area contributed by atoms with Gasteiger partial charge in [-0.05, 0) is 56.2 Å². The Balaban J connectivity index is 1.52. The molecule has 0 radical (unpaired) electrons. The van der Waals surface area contributed by atoms with E-state index in [0.29, 0.717) is 17.9 Å². The molecule has 10 heteroatoms. The first-order valence-corrected chi connectivity index (χ1v) is 13.3. The lowest BCUT2D eigenvalue weighted by Gasteiger charge is -2.20. The summed E-state index contributed by atoms with van der Waals surface area (Å²) in [5, 5.41) is 6.88. The predicted molar refractivity (Wildman–Crippen MR) is 150 cm³/mol. The van der Waals surface area contributed by atoms with Gasteiger partial charge < -0.3 is 20.0 Å². The summed E-state index contributed by atoms with van der Waals surface area (Å²) in [4.78, 5) is 40.2. The van der Waals surface area contributed by atoms with Crippen molar-refractivity contribution in [3.63, 3.8) is 0 Å². The molecule has 0 saturated heterocycles. The molecular formula is C28H41N6O4+. The molecule has 0 spiro atoms. The Kier molecular flexibility index (Phi) is 11.5. The van der Waals surface area contributed by atoms with Crippen LogP contribution in [-0.4, -0.2) is 74.3 Å². The molecule has 1 saturated carbocycles. The highest BCUT2D eigenvalue weighted by Gasteiger charge is 2.24. The minimum absolute atomic E-state index is 0.0338. The maximum absolute atomic E-state index is 12.4. The van der Waals surface area contributed by atoms with E-state index in [1.165, 1.54) is 24.8 Å². The van der Waals surface area contributed by atoms with Gasteiger partial charge in [0, 0.05) is 20.1 Å². The zero-order valence-electron chi connectivity index (χ0n) is 22.9. The summed E-state index contributed by atoms with van der Waals surface area (Å²) in [5.41, 5.74) is 1.26. The molecule has 2 aliphatic carbocycles. The Morgan fingerprint density at radius 2 is 2.05 bits per heavy atom. The second-order valence-corrected chi connectivity index (χ2v) is 9.82. The summed E-state index contributed by atoms with van der Waals surface area (Å²) in [5.74, 6) is 1.02. The molecule has 3 unspecified atom stereocenters. The number of furan rings is 1. The number of carbonyl (C=O) groups is 1. The molecule has 2 N–H and O–H groups in total. The van der Waals surface area contributed by atoms with Crippen LogP contribution >= 0.6 is 0 Å². The van der Waals surface area contributed by atoms with Gasteiger partial charge in [-0.2, -0.15) is 0 Å². The van der Waals surface area contributed by atoms with Crippen LogP contribution in [0, 0.1) is 10.8 Å². The number of nitrogens with one attached hydrogen (secondary N) is 2. The van der Waals surface area contributed by atoms with E-state index < -0.39 is 0 Å². The van der Waals surface area contributed by atoms with E-state index in [0.717, 1.165) is 45.1 Å². The maximum atomic E-state index is 12.4. The summed E-state index contributed by atoms with van der Waals surface area (Å²) in [6, 6.07) is 3.17. The van der Waals surface area contributed by atoms with Crippen molar-refractivity contribution in [2.24, 2.45) is 15.9 Å². The van der Waals surface area contributed by atoms with E-state index >= 15 is 0 Å². The van der Waals surface area contributed by atoms with Crippen LogP contribution in [0.15, 0.2) is 62.5 Å². The molecule has 1 fully saturated rings. The largest absolute Gasteiger partial charge is 0.480 e. The van der Waals surface area contributed by atoms with E-state index in [9.17, 15) is 9.70 Å². The third-order valence-corrected chi connectivity index (χ3v) is 6.64. The van der Waals surface area contributed by atoms with Crippen molar-refractivity contribution < 1.29 is 19.0 Å². The molecule has 2 aliphatic rings. The summed E-state index contributed by atoms with van der Waals surface area (Å²) in [6.45, 7) is 3.06. The van der Waals surface area contributed by atoms with Gasteiger partial charge in [-0.15, -0.1) is 0 Å². The summed E-state index contributed by atoms with van der Waals surface area (Å²) >= 11 is 0. The molecule has 3 atom stereocenters. The molecular weight excluding hydrogens is 484 g/mol. The van der Waals surface area contributed by atoms with E-state index in [2.05, 4.69) is 45.6 Å². The molecule has 10 nitrogen and oxygen atoms in total. The van der Waals surface area contributed by atoms with Crippen LogP contribution in [0.5, 0.6) is 0 Å². The fourth-order valence-electron chi connectivity index (χ4n) is 4.55. The number of nitrogens with zero attached hydrogens (tertiary/aromatic N) is 4. The number of ketones is 1. The lowest BCUT2D eigenvalue weighted by molar-refractivity contribution is -0.744. The molecule has 38 heavy (non-hydrogen) atoms. The molecule has 206 valence electrons. The van der Waals surface area contributed by atoms with Crippen molar-refractivity contribution in [1.29, 1.82) is 0 Å². The number of allylic oxidation sites excluding steroid dienone is 4. The highest BCUT2D eigenvalue weighted by atomic mass is 16.8. The second-order valence-electron chi connectivity index (χ2n) is 9.82. The standard InChI is InChI=1S/C28H41N6O4/c1-5-22-11-7-6-8-13-24(22)32-28(30-20-33(2)3)31-23-12-9-10-21(14-15-23)18-29-19-25(35)26-16-17-27(38-26)34(36)37-4/h6-8,11,13,16-17,20-21,23-24,29H,5,9-10,12,14-15,18-19H2,1-4H3,(H,31,32)/q+1/b30-20+. The quantitative estimate of drug-likeness (QED) is 0.145. The van der Waals surface area contributed by atoms with Crippen molar-refractivity contribution in [3.8, 4) is 0 Å². The average molecular weight is 526 g/mol. The smallest absolute Gasteiger partial charge is 0.395 e. The Labute approximate surface area is 225 Å². The van der Waals surface area contributed by atoms with Gasteiger partial charge in [0.1, 0.15) is 0 Å². The van der Waals surface area contributed by atoms with Crippen LogP contribution in [-0.2, 0) is 4.84 Å². The predicted octanol–water partition coefficient (Wildman–Crippen LogP) is 4.34. The van der Waals surface area contributed by atoms with E-state index in [1.807, 2.05) is 31.1 Å². The molecule has 0 bridgehead atoms. The number of hydrogen-bond donors (Lipinski definition) is 2. The van der Waals surface area contributed by atoms with Crippen molar-refractivity contribution in [2.45, 2.75) is 57.5 Å². The van der Waals surface area contributed by atoms with Gasteiger partial charge in [0.2, 0.25) is 11.7 Å². The van der Waals surface area contributed by atoms with Gasteiger partial charge in [-0.1, -0.05) is 43.7 Å². The minimum atomic E-state index is -0.197. The van der Waals surface area contributed by atoms with Crippen LogP contribution in [0.2, 0.25) is 0 Å². The zero-order chi connectivity index (χ0) is 27.3. The summed E-state index contributed by atoms with van der Waals surface area (Å²) in [7, 11) is 5.14. The SMILES string of the molecule is CCC1=CC=CC=CC1N=C(/N=C/N(C)C)NC1CCCC(CNCC(=O)c2ccc([N+](=O)OC)o2)CC1. The number of rotatable bonds is 11. The third kappa shape index (κ3) is 9.09. The molecule has 1 aromatic rings. The van der Waals surface area contributed by atoms with Gasteiger partial charge in [-0.25, -0.2) is 14.8 Å². The Morgan fingerprint density at radius 1 is 1.21 bits per heavy atom. The first-order valence-electron chi connectivity index (χ1n) is 13.3. The number of carbonyl (C=O) groups excluding carboxylic acids is 1. The fourth-order valence-corrected chi connectivity index (χ4v) is 4.55. The monoisotopic (exact) mass is 525 g/mol. The second kappa shape index (κ2) is 15.0. The van der Waals surface area contributed by atoms with Crippen LogP contribution < -0.4 is 10.6 Å². The minimum Gasteiger partial charge on any atom is -0.395 e. The van der Waals surface area contributed by atoms with Gasteiger partial charge in [0.25, 0.3) is 4.92 Å². The van der Waals surface area contributed by atoms with E-state index in [-0.39, 0.29) is 34.9 Å². The normalized spacial score (nSPS) is 22.1. The highest BCUT2D eigenvalue weighted by Crippen LogP contribution is 2.24. The van der Waals surface area contributed by atoms with Crippen LogP contribution in [0.25, 0.3) is 0 Å². The Hall–Kier alpha value is -3.53. The summed E-state index contributed by atoms with van der Waals surface area (Å²) < 4.78 is 5.28. The average Bonchev–Trinajstić information content (AvgIpc) is 3.16. The van der Waals surface area contributed by atoms with Crippen molar-refractivity contribution >= 4 is 24.0 Å². The van der Waals surface area contributed by atoms with Gasteiger partial charge in [-0.3, -0.25) is 4.79 Å². The van der Waals surface area contributed by atoms with Crippen molar-refractivity contribution in [3.05, 3.63) is 58.8 Å². The van der Waals surface area contributed by atoms with Gasteiger partial charge in [0.05, 0.1) is 29.9 Å². The Bertz CT molecular complexity index is 1080. The first-order chi connectivity index (χ1) is 18.4. The molecule has 1 heterocycles. The number of hydrogen-bond acceptors (Lipinski definition) is 6. The molecule has 0 aliphatic heterocycles. The van der Waals surface area contributed by atoms with Crippen molar-refractivity contribution in [2.75, 3.05) is 34.3 Å². The third-order valence-electron chi connectivity index (χ3n) is 6.64. The molecule has 1 aromatic heterocycles. The van der Waals surface area contributed by atoms with Crippen LogP contribution in [0.4, 0.5) is 5.88 Å². The molecule has 3 rings (SSSR count). The highest BCUT2D eigenvalue weighted by molar-refractivity contribution is 5.95.